The van der Waals surface area contributed by atoms with Gasteiger partial charge in [-0.15, -0.1) is 0 Å². The maximum Gasteiger partial charge on any atom is 0.446 e. The number of rotatable bonds is 4. The Hall–Kier alpha value is -0.850. The summed E-state index contributed by atoms with van der Waals surface area (Å²) < 4.78 is 38.3. The average molecular weight is 397 g/mol. The highest BCUT2D eigenvalue weighted by atomic mass is 79.9. The van der Waals surface area contributed by atoms with Gasteiger partial charge in [0.1, 0.15) is 0 Å². The number of alkyl halides is 3. The Labute approximate surface area is 138 Å². The number of benzene rings is 2. The molecule has 2 aromatic rings. The summed E-state index contributed by atoms with van der Waals surface area (Å²) in [6, 6.07) is 11.6. The molecule has 0 atom stereocenters. The molecule has 0 heterocycles. The molecule has 7 heteroatoms. The van der Waals surface area contributed by atoms with Crippen LogP contribution in [0.2, 0.25) is 5.02 Å². The molecule has 21 heavy (non-hydrogen) atoms. The van der Waals surface area contributed by atoms with Gasteiger partial charge in [-0.1, -0.05) is 45.7 Å². The van der Waals surface area contributed by atoms with E-state index >= 15 is 0 Å². The molecule has 0 unspecified atom stereocenters. The molecule has 0 aromatic heterocycles. The summed E-state index contributed by atoms with van der Waals surface area (Å²) in [4.78, 5) is 0.148. The van der Waals surface area contributed by atoms with Gasteiger partial charge in [0.2, 0.25) is 0 Å². The van der Waals surface area contributed by atoms with Gasteiger partial charge in [-0.2, -0.15) is 13.2 Å². The number of nitrogens with one attached hydrogen (secondary N) is 1. The van der Waals surface area contributed by atoms with Crippen molar-refractivity contribution in [1.82, 2.24) is 0 Å². The SMILES string of the molecule is FC(F)(F)Sc1ccccc1NCc1ccc(Cl)cc1Br. The normalized spacial score (nSPS) is 11.5. The molecule has 1 nitrogen and oxygen atoms in total. The van der Waals surface area contributed by atoms with E-state index in [1.807, 2.05) is 6.07 Å². The highest BCUT2D eigenvalue weighted by molar-refractivity contribution is 9.10. The number of hydrogen-bond donors (Lipinski definition) is 1. The van der Waals surface area contributed by atoms with Crippen molar-refractivity contribution in [3.05, 3.63) is 57.5 Å². The van der Waals surface area contributed by atoms with Crippen LogP contribution in [0.4, 0.5) is 18.9 Å². The molecule has 0 amide bonds. The van der Waals surface area contributed by atoms with Crippen molar-refractivity contribution in [3.8, 4) is 0 Å². The molecule has 0 radical (unpaired) electrons. The van der Waals surface area contributed by atoms with E-state index in [4.69, 9.17) is 11.6 Å². The largest absolute Gasteiger partial charge is 0.446 e. The van der Waals surface area contributed by atoms with Crippen LogP contribution < -0.4 is 5.32 Å². The second-order valence-electron chi connectivity index (χ2n) is 4.13. The molecule has 0 saturated heterocycles. The van der Waals surface area contributed by atoms with Crippen molar-refractivity contribution in [1.29, 1.82) is 0 Å². The zero-order valence-electron chi connectivity index (χ0n) is 10.5. The van der Waals surface area contributed by atoms with E-state index in [2.05, 4.69) is 21.2 Å². The molecule has 2 rings (SSSR count). The molecule has 0 aliphatic heterocycles. The van der Waals surface area contributed by atoms with Crippen LogP contribution in [0.5, 0.6) is 0 Å². The average Bonchev–Trinajstić information content (AvgIpc) is 2.37. The second-order valence-corrected chi connectivity index (χ2v) is 6.53. The van der Waals surface area contributed by atoms with Crippen molar-refractivity contribution >= 4 is 45.0 Å². The Bertz CT molecular complexity index is 634. The van der Waals surface area contributed by atoms with Gasteiger partial charge in [0.25, 0.3) is 0 Å². The number of hydrogen-bond acceptors (Lipinski definition) is 2. The third kappa shape index (κ3) is 5.13. The summed E-state index contributed by atoms with van der Waals surface area (Å²) in [6.07, 6.45) is 0. The van der Waals surface area contributed by atoms with Crippen molar-refractivity contribution in [3.63, 3.8) is 0 Å². The summed E-state index contributed by atoms with van der Waals surface area (Å²) in [5.41, 5.74) is -2.95. The first kappa shape index (κ1) is 16.5. The molecule has 1 N–H and O–H groups in total. The lowest BCUT2D eigenvalue weighted by molar-refractivity contribution is -0.0327. The van der Waals surface area contributed by atoms with Crippen LogP contribution in [0.15, 0.2) is 51.8 Å². The standard InChI is InChI=1S/C14H10BrClF3NS/c15-11-7-10(16)6-5-9(11)8-20-12-3-1-2-4-13(12)21-14(17,18)19/h1-7,20H,8H2. The van der Waals surface area contributed by atoms with Gasteiger partial charge >= 0.3 is 5.51 Å². The lowest BCUT2D eigenvalue weighted by Gasteiger charge is -2.13. The molecule has 0 aliphatic rings. The molecular weight excluding hydrogens is 387 g/mol. The van der Waals surface area contributed by atoms with E-state index < -0.39 is 5.51 Å². The second kappa shape index (κ2) is 6.94. The molecule has 0 fully saturated rings. The van der Waals surface area contributed by atoms with Crippen LogP contribution in [0.25, 0.3) is 0 Å². The van der Waals surface area contributed by atoms with Crippen LogP contribution >= 0.6 is 39.3 Å². The maximum absolute atomic E-state index is 12.5. The van der Waals surface area contributed by atoms with Gasteiger partial charge in [0.15, 0.2) is 0 Å². The summed E-state index contributed by atoms with van der Waals surface area (Å²) >= 11 is 9.11. The molecule has 112 valence electrons. The third-order valence-electron chi connectivity index (χ3n) is 2.60. The van der Waals surface area contributed by atoms with Gasteiger partial charge in [-0.05, 0) is 41.6 Å². The summed E-state index contributed by atoms with van der Waals surface area (Å²) in [6.45, 7) is 0.396. The molecule has 0 aliphatic carbocycles. The topological polar surface area (TPSA) is 12.0 Å². The summed E-state index contributed by atoms with van der Waals surface area (Å²) in [5.74, 6) is 0. The van der Waals surface area contributed by atoms with Gasteiger partial charge in [0, 0.05) is 26.6 Å². The lowest BCUT2D eigenvalue weighted by atomic mass is 10.2. The van der Waals surface area contributed by atoms with Crippen LogP contribution in [-0.4, -0.2) is 5.51 Å². The Kier molecular flexibility index (Phi) is 5.46. The van der Waals surface area contributed by atoms with Crippen molar-refractivity contribution in [2.45, 2.75) is 16.9 Å². The zero-order chi connectivity index (χ0) is 15.5. The molecule has 2 aromatic carbocycles. The van der Waals surface area contributed by atoms with E-state index in [0.29, 0.717) is 17.3 Å². The lowest BCUT2D eigenvalue weighted by Crippen LogP contribution is -2.04. The number of anilines is 1. The predicted octanol–water partition coefficient (Wildman–Crippen LogP) is 6.33. The van der Waals surface area contributed by atoms with Crippen LogP contribution in [0.1, 0.15) is 5.56 Å². The number of thioether (sulfide) groups is 1. The van der Waals surface area contributed by atoms with Gasteiger partial charge < -0.3 is 5.32 Å². The molecule has 0 saturated carbocycles. The quantitative estimate of drug-likeness (QED) is 0.606. The monoisotopic (exact) mass is 395 g/mol. The first-order valence-corrected chi connectivity index (χ1v) is 7.86. The predicted molar refractivity (Wildman–Crippen MR) is 84.8 cm³/mol. The smallest absolute Gasteiger partial charge is 0.380 e. The fourth-order valence-electron chi connectivity index (χ4n) is 1.68. The van der Waals surface area contributed by atoms with Crippen LogP contribution in [0.3, 0.4) is 0 Å². The van der Waals surface area contributed by atoms with E-state index in [9.17, 15) is 13.2 Å². The first-order valence-electron chi connectivity index (χ1n) is 5.88. The Balaban J connectivity index is 2.13. The Morgan fingerprint density at radius 1 is 1.14 bits per heavy atom. The Morgan fingerprint density at radius 2 is 1.86 bits per heavy atom. The third-order valence-corrected chi connectivity index (χ3v) is 4.38. The maximum atomic E-state index is 12.5. The summed E-state index contributed by atoms with van der Waals surface area (Å²) in [7, 11) is 0. The Morgan fingerprint density at radius 3 is 2.52 bits per heavy atom. The minimum atomic E-state index is -4.31. The minimum absolute atomic E-state index is 0.126. The molecule has 0 spiro atoms. The number of para-hydroxylation sites is 1. The highest BCUT2D eigenvalue weighted by Crippen LogP contribution is 2.40. The van der Waals surface area contributed by atoms with E-state index in [-0.39, 0.29) is 16.7 Å². The zero-order valence-corrected chi connectivity index (χ0v) is 13.7. The van der Waals surface area contributed by atoms with Crippen LogP contribution in [0, 0.1) is 0 Å². The van der Waals surface area contributed by atoms with E-state index in [1.165, 1.54) is 6.07 Å². The van der Waals surface area contributed by atoms with Gasteiger partial charge in [-0.3, -0.25) is 0 Å². The van der Waals surface area contributed by atoms with Crippen molar-refractivity contribution < 1.29 is 13.2 Å². The highest BCUT2D eigenvalue weighted by Gasteiger charge is 2.30. The van der Waals surface area contributed by atoms with Crippen LogP contribution in [-0.2, 0) is 6.54 Å². The minimum Gasteiger partial charge on any atom is -0.380 e. The fraction of sp³-hybridized carbons (Fsp3) is 0.143. The van der Waals surface area contributed by atoms with Gasteiger partial charge in [0.05, 0.1) is 0 Å². The van der Waals surface area contributed by atoms with Crippen molar-refractivity contribution in [2.75, 3.05) is 5.32 Å². The number of halogens is 5. The van der Waals surface area contributed by atoms with Crippen molar-refractivity contribution in [2.24, 2.45) is 0 Å². The van der Waals surface area contributed by atoms with E-state index in [0.717, 1.165) is 10.0 Å². The van der Waals surface area contributed by atoms with E-state index in [1.54, 1.807) is 30.3 Å². The summed E-state index contributed by atoms with van der Waals surface area (Å²) in [5, 5.41) is 3.61. The first-order chi connectivity index (χ1) is 9.85. The molecule has 0 bridgehead atoms. The fourth-order valence-corrected chi connectivity index (χ4v) is 3.15. The molecular formula is C14H10BrClF3NS. The van der Waals surface area contributed by atoms with Gasteiger partial charge in [-0.25, -0.2) is 0 Å².